The number of pyridine rings is 1. The number of carbonyl (C=O) groups excluding carboxylic acids is 1. The highest BCUT2D eigenvalue weighted by Gasteiger charge is 2.14. The van der Waals surface area contributed by atoms with Gasteiger partial charge in [0.15, 0.2) is 5.76 Å². The Kier molecular flexibility index (Phi) is 4.18. The van der Waals surface area contributed by atoms with E-state index in [9.17, 15) is 9.59 Å². The highest BCUT2D eigenvalue weighted by atomic mass is 16.5. The molecule has 0 aliphatic rings. The normalized spacial score (nSPS) is 10.7. The average molecular weight is 362 g/mol. The largest absolute Gasteiger partial charge is 0.459 e. The molecule has 0 atom stereocenters. The Morgan fingerprint density at radius 1 is 1.15 bits per heavy atom. The number of aromatic nitrogens is 1. The molecule has 4 rings (SSSR count). The summed E-state index contributed by atoms with van der Waals surface area (Å²) in [7, 11) is 0. The van der Waals surface area contributed by atoms with E-state index in [1.54, 1.807) is 48.7 Å². The van der Waals surface area contributed by atoms with Crippen molar-refractivity contribution in [1.82, 2.24) is 4.98 Å². The van der Waals surface area contributed by atoms with Crippen molar-refractivity contribution < 1.29 is 18.4 Å². The number of furan rings is 1. The second-order valence-electron chi connectivity index (χ2n) is 5.80. The molecule has 7 heteroatoms. The van der Waals surface area contributed by atoms with Crippen LogP contribution < -0.4 is 15.7 Å². The number of benzene rings is 1. The molecule has 0 saturated heterocycles. The zero-order chi connectivity index (χ0) is 18.8. The number of fused-ring (bicyclic) bond motifs is 1. The van der Waals surface area contributed by atoms with Gasteiger partial charge in [0.25, 0.3) is 5.91 Å². The topological polar surface area (TPSA) is 94.6 Å². The molecule has 1 aromatic carbocycles. The highest BCUT2D eigenvalue weighted by molar-refractivity contribution is 6.02. The first-order valence-electron chi connectivity index (χ1n) is 8.12. The van der Waals surface area contributed by atoms with Crippen LogP contribution in [-0.4, -0.2) is 10.9 Å². The van der Waals surface area contributed by atoms with E-state index in [0.717, 1.165) is 10.9 Å². The predicted octanol–water partition coefficient (Wildman–Crippen LogP) is 4.13. The predicted molar refractivity (Wildman–Crippen MR) is 98.2 cm³/mol. The van der Waals surface area contributed by atoms with Crippen LogP contribution in [0.3, 0.4) is 0 Å². The number of anilines is 1. The quantitative estimate of drug-likeness (QED) is 0.549. The van der Waals surface area contributed by atoms with Crippen LogP contribution in [0.1, 0.15) is 16.1 Å². The van der Waals surface area contributed by atoms with Crippen molar-refractivity contribution in [3.63, 3.8) is 0 Å². The Morgan fingerprint density at radius 2 is 2.04 bits per heavy atom. The SMILES string of the molecule is Cc1cc(=O)oc2cc(Oc3ncccc3NC(=O)c3ccco3)ccc12. The molecule has 7 nitrogen and oxygen atoms in total. The number of carbonyl (C=O) groups is 1. The molecule has 27 heavy (non-hydrogen) atoms. The summed E-state index contributed by atoms with van der Waals surface area (Å²) in [6.07, 6.45) is 2.96. The van der Waals surface area contributed by atoms with Gasteiger partial charge in [0.1, 0.15) is 17.0 Å². The lowest BCUT2D eigenvalue weighted by molar-refractivity contribution is 0.0996. The van der Waals surface area contributed by atoms with Crippen LogP contribution in [0, 0.1) is 6.92 Å². The van der Waals surface area contributed by atoms with Gasteiger partial charge in [-0.15, -0.1) is 0 Å². The summed E-state index contributed by atoms with van der Waals surface area (Å²) in [5.74, 6) is 0.376. The van der Waals surface area contributed by atoms with Crippen molar-refractivity contribution in [1.29, 1.82) is 0 Å². The van der Waals surface area contributed by atoms with E-state index >= 15 is 0 Å². The van der Waals surface area contributed by atoms with Gasteiger partial charge < -0.3 is 18.9 Å². The number of ether oxygens (including phenoxy) is 1. The maximum Gasteiger partial charge on any atom is 0.336 e. The van der Waals surface area contributed by atoms with E-state index in [1.165, 1.54) is 12.3 Å². The first kappa shape index (κ1) is 16.6. The summed E-state index contributed by atoms with van der Waals surface area (Å²) in [6, 6.07) is 13.1. The summed E-state index contributed by atoms with van der Waals surface area (Å²) >= 11 is 0. The van der Waals surface area contributed by atoms with E-state index in [2.05, 4.69) is 10.3 Å². The molecule has 1 amide bonds. The molecule has 0 saturated carbocycles. The molecule has 0 bridgehead atoms. The fourth-order valence-electron chi connectivity index (χ4n) is 2.64. The van der Waals surface area contributed by atoms with Gasteiger partial charge in [-0.3, -0.25) is 4.79 Å². The third-order valence-corrected chi connectivity index (χ3v) is 3.90. The molecule has 1 N–H and O–H groups in total. The summed E-state index contributed by atoms with van der Waals surface area (Å²) in [4.78, 5) is 27.9. The van der Waals surface area contributed by atoms with E-state index in [4.69, 9.17) is 13.6 Å². The van der Waals surface area contributed by atoms with Crippen molar-refractivity contribution in [2.24, 2.45) is 0 Å². The first-order chi connectivity index (χ1) is 13.1. The van der Waals surface area contributed by atoms with Crippen LogP contribution in [0.15, 0.2) is 74.6 Å². The summed E-state index contributed by atoms with van der Waals surface area (Å²) in [6.45, 7) is 1.83. The van der Waals surface area contributed by atoms with E-state index in [-0.39, 0.29) is 11.6 Å². The van der Waals surface area contributed by atoms with Crippen molar-refractivity contribution in [2.45, 2.75) is 6.92 Å². The van der Waals surface area contributed by atoms with Crippen molar-refractivity contribution in [3.8, 4) is 11.6 Å². The lowest BCUT2D eigenvalue weighted by Gasteiger charge is -2.11. The zero-order valence-electron chi connectivity index (χ0n) is 14.3. The maximum atomic E-state index is 12.2. The smallest absolute Gasteiger partial charge is 0.336 e. The monoisotopic (exact) mass is 362 g/mol. The number of aryl methyl sites for hydroxylation is 1. The molecule has 4 aromatic rings. The minimum atomic E-state index is -0.429. The van der Waals surface area contributed by atoms with E-state index in [1.807, 2.05) is 6.92 Å². The third-order valence-electron chi connectivity index (χ3n) is 3.90. The van der Waals surface area contributed by atoms with Gasteiger partial charge in [-0.25, -0.2) is 9.78 Å². The highest BCUT2D eigenvalue weighted by Crippen LogP contribution is 2.30. The molecule has 0 aliphatic carbocycles. The fourth-order valence-corrected chi connectivity index (χ4v) is 2.64. The van der Waals surface area contributed by atoms with Crippen LogP contribution in [0.2, 0.25) is 0 Å². The molecule has 0 aliphatic heterocycles. The van der Waals surface area contributed by atoms with Crippen LogP contribution in [0.5, 0.6) is 11.6 Å². The van der Waals surface area contributed by atoms with Gasteiger partial charge in [-0.05, 0) is 48.9 Å². The Labute approximate surface area is 153 Å². The zero-order valence-corrected chi connectivity index (χ0v) is 14.3. The van der Waals surface area contributed by atoms with Crippen molar-refractivity contribution >= 4 is 22.6 Å². The molecule has 3 heterocycles. The number of amides is 1. The molecular formula is C20H14N2O5. The maximum absolute atomic E-state index is 12.2. The lowest BCUT2D eigenvalue weighted by atomic mass is 10.1. The number of nitrogens with zero attached hydrogens (tertiary/aromatic N) is 1. The lowest BCUT2D eigenvalue weighted by Crippen LogP contribution is -2.12. The van der Waals surface area contributed by atoms with E-state index < -0.39 is 11.5 Å². The summed E-state index contributed by atoms with van der Waals surface area (Å²) in [5, 5.41) is 3.51. The Morgan fingerprint density at radius 3 is 2.85 bits per heavy atom. The number of nitrogens with one attached hydrogen (secondary N) is 1. The minimum absolute atomic E-state index is 0.174. The molecule has 3 aromatic heterocycles. The number of hydrogen-bond donors (Lipinski definition) is 1. The van der Waals surface area contributed by atoms with Gasteiger partial charge in [0.2, 0.25) is 5.88 Å². The van der Waals surface area contributed by atoms with Crippen LogP contribution in [-0.2, 0) is 0 Å². The van der Waals surface area contributed by atoms with Gasteiger partial charge in [0, 0.05) is 23.7 Å². The second kappa shape index (κ2) is 6.80. The Balaban J connectivity index is 1.64. The number of rotatable bonds is 4. The van der Waals surface area contributed by atoms with Gasteiger partial charge in [-0.1, -0.05) is 0 Å². The molecule has 0 unspecified atom stereocenters. The van der Waals surface area contributed by atoms with Gasteiger partial charge in [-0.2, -0.15) is 0 Å². The van der Waals surface area contributed by atoms with Crippen molar-refractivity contribution in [2.75, 3.05) is 5.32 Å². The Hall–Kier alpha value is -3.87. The first-order valence-corrected chi connectivity index (χ1v) is 8.12. The summed E-state index contributed by atoms with van der Waals surface area (Å²) < 4.78 is 16.1. The van der Waals surface area contributed by atoms with Crippen LogP contribution in [0.4, 0.5) is 5.69 Å². The fraction of sp³-hybridized carbons (Fsp3) is 0.0500. The average Bonchev–Trinajstić information content (AvgIpc) is 3.18. The molecule has 0 spiro atoms. The van der Waals surface area contributed by atoms with E-state index in [0.29, 0.717) is 17.0 Å². The van der Waals surface area contributed by atoms with Crippen molar-refractivity contribution in [3.05, 3.63) is 82.7 Å². The molecule has 0 fully saturated rings. The third kappa shape index (κ3) is 3.43. The minimum Gasteiger partial charge on any atom is -0.459 e. The molecular weight excluding hydrogens is 348 g/mol. The van der Waals surface area contributed by atoms with Crippen LogP contribution in [0.25, 0.3) is 11.0 Å². The standard InChI is InChI=1S/C20H14N2O5/c1-12-10-18(23)27-17-11-13(6-7-14(12)17)26-20-15(4-2-8-21-20)22-19(24)16-5-3-9-25-16/h2-11H,1H3,(H,22,24). The Bertz CT molecular complexity index is 1180. The van der Waals surface area contributed by atoms with Gasteiger partial charge >= 0.3 is 5.63 Å². The molecule has 134 valence electrons. The molecule has 0 radical (unpaired) electrons. The van der Waals surface area contributed by atoms with Gasteiger partial charge in [0.05, 0.1) is 6.26 Å². The number of hydrogen-bond acceptors (Lipinski definition) is 6. The summed E-state index contributed by atoms with van der Waals surface area (Å²) in [5.41, 5.74) is 1.18. The second-order valence-corrected chi connectivity index (χ2v) is 5.80. The van der Waals surface area contributed by atoms with Crippen LogP contribution >= 0.6 is 0 Å².